The molecule has 0 aromatic carbocycles. The number of ether oxygens (including phenoxy) is 11. The SMILES string of the molecule is CC(=O)OCC1OC(OC2C(COC(C)=O)OC(OC(C)=O)C(OC(C)=O)C2C)C(OC(C)=O)C(C)C1C.OCC1OC(OC2C(CO)OC(O)C(O)C2O)C(O)C(O)C1O. The fourth-order valence-electron chi connectivity index (χ4n) is 7.10. The first-order chi connectivity index (χ1) is 28.5. The summed E-state index contributed by atoms with van der Waals surface area (Å²) in [5, 5.41) is 76.5. The molecule has 20 unspecified atom stereocenters. The molecule has 24 nitrogen and oxygen atoms in total. The number of esters is 5. The van der Waals surface area contributed by atoms with E-state index in [4.69, 9.17) is 57.2 Å². The molecule has 0 spiro atoms. The van der Waals surface area contributed by atoms with E-state index in [0.29, 0.717) is 0 Å². The number of hydrogen-bond donors (Lipinski definition) is 8. The highest BCUT2D eigenvalue weighted by Crippen LogP contribution is 2.38. The lowest BCUT2D eigenvalue weighted by Crippen LogP contribution is -2.64. The molecule has 4 aliphatic heterocycles. The minimum atomic E-state index is -1.74. The van der Waals surface area contributed by atoms with Crippen LogP contribution in [0, 0.1) is 17.8 Å². The van der Waals surface area contributed by atoms with Crippen molar-refractivity contribution in [1.29, 1.82) is 0 Å². The number of carbonyl (C=O) groups is 5. The van der Waals surface area contributed by atoms with Crippen LogP contribution in [0.1, 0.15) is 55.4 Å². The van der Waals surface area contributed by atoms with Gasteiger partial charge in [-0.2, -0.15) is 0 Å². The number of hydrogen-bond acceptors (Lipinski definition) is 24. The summed E-state index contributed by atoms with van der Waals surface area (Å²) in [5.41, 5.74) is 0. The van der Waals surface area contributed by atoms with E-state index in [1.165, 1.54) is 34.6 Å². The summed E-state index contributed by atoms with van der Waals surface area (Å²) in [6.45, 7) is 9.88. The van der Waals surface area contributed by atoms with Crippen molar-refractivity contribution in [3.63, 3.8) is 0 Å². The van der Waals surface area contributed by atoms with Crippen molar-refractivity contribution in [3.05, 3.63) is 0 Å². The molecule has 0 amide bonds. The van der Waals surface area contributed by atoms with E-state index in [0.717, 1.165) is 0 Å². The highest BCUT2D eigenvalue weighted by atomic mass is 16.8. The molecule has 4 heterocycles. The van der Waals surface area contributed by atoms with Crippen molar-refractivity contribution >= 4 is 29.8 Å². The Kier molecular flexibility index (Phi) is 20.1. The van der Waals surface area contributed by atoms with E-state index < -0.39 is 153 Å². The lowest BCUT2D eigenvalue weighted by Gasteiger charge is -2.48. The van der Waals surface area contributed by atoms with Crippen LogP contribution in [0.5, 0.6) is 0 Å². The summed E-state index contributed by atoms with van der Waals surface area (Å²) in [7, 11) is 0. The van der Waals surface area contributed by atoms with Crippen LogP contribution < -0.4 is 0 Å². The van der Waals surface area contributed by atoms with Crippen LogP contribution in [0.2, 0.25) is 0 Å². The first-order valence-electron chi connectivity index (χ1n) is 19.5. The van der Waals surface area contributed by atoms with Gasteiger partial charge in [0.05, 0.1) is 25.4 Å². The van der Waals surface area contributed by atoms with Gasteiger partial charge in [-0.3, -0.25) is 24.0 Å². The zero-order chi connectivity index (χ0) is 46.0. The Morgan fingerprint density at radius 1 is 0.426 bits per heavy atom. The zero-order valence-electron chi connectivity index (χ0n) is 35.0. The molecule has 0 saturated carbocycles. The Morgan fingerprint density at radius 3 is 1.41 bits per heavy atom. The summed E-state index contributed by atoms with van der Waals surface area (Å²) >= 11 is 0. The van der Waals surface area contributed by atoms with Crippen molar-refractivity contribution in [2.75, 3.05) is 26.4 Å². The monoisotopic (exact) mass is 888 g/mol. The van der Waals surface area contributed by atoms with Crippen LogP contribution in [0.15, 0.2) is 0 Å². The smallest absolute Gasteiger partial charge is 0.305 e. The topological polar surface area (TPSA) is 349 Å². The van der Waals surface area contributed by atoms with Gasteiger partial charge in [-0.25, -0.2) is 0 Å². The minimum Gasteiger partial charge on any atom is -0.463 e. The second-order valence-electron chi connectivity index (χ2n) is 15.2. The van der Waals surface area contributed by atoms with Crippen LogP contribution in [-0.4, -0.2) is 202 Å². The van der Waals surface area contributed by atoms with Gasteiger partial charge in [0.2, 0.25) is 6.29 Å². The maximum Gasteiger partial charge on any atom is 0.305 e. The first-order valence-corrected chi connectivity index (χ1v) is 19.5. The Morgan fingerprint density at radius 2 is 0.902 bits per heavy atom. The largest absolute Gasteiger partial charge is 0.463 e. The normalized spacial score (nSPS) is 41.2. The van der Waals surface area contributed by atoms with E-state index in [1.54, 1.807) is 6.92 Å². The van der Waals surface area contributed by atoms with Gasteiger partial charge in [0.25, 0.3) is 0 Å². The van der Waals surface area contributed by atoms with Crippen molar-refractivity contribution in [1.82, 2.24) is 0 Å². The van der Waals surface area contributed by atoms with Crippen molar-refractivity contribution in [2.45, 2.75) is 160 Å². The van der Waals surface area contributed by atoms with E-state index in [1.807, 2.05) is 13.8 Å². The summed E-state index contributed by atoms with van der Waals surface area (Å²) in [6.07, 6.45) is -22.4. The lowest BCUT2D eigenvalue weighted by atomic mass is 9.83. The fraction of sp³-hybridized carbons (Fsp3) is 0.865. The molecule has 0 aliphatic carbocycles. The van der Waals surface area contributed by atoms with Gasteiger partial charge < -0.3 is 93.0 Å². The standard InChI is InChI=1S/C25H38O13.C12H22O11/c1-11-12(2)22(33-16(6)28)25(36-19(11)9-31-14(4)26)38-21-13(3)23(34-17(7)29)24(35-18(8)30)37-20(21)10-32-15(5)27;13-1-3-5(15)6(16)9(19)12(22-3)23-10-4(2-14)21-11(20)8(18)7(10)17/h11-13,19-25H,9-10H2,1-8H3;3-20H,1-2H2. The summed E-state index contributed by atoms with van der Waals surface area (Å²) in [4.78, 5) is 58.5. The third kappa shape index (κ3) is 13.9. The summed E-state index contributed by atoms with van der Waals surface area (Å²) in [5.74, 6) is -4.06. The van der Waals surface area contributed by atoms with Gasteiger partial charge in [0, 0.05) is 46.5 Å². The molecule has 4 fully saturated rings. The van der Waals surface area contributed by atoms with Gasteiger partial charge in [-0.1, -0.05) is 20.8 Å². The van der Waals surface area contributed by atoms with Gasteiger partial charge >= 0.3 is 29.8 Å². The molecule has 0 radical (unpaired) electrons. The first kappa shape index (κ1) is 52.1. The molecule has 24 heteroatoms. The molecular weight excluding hydrogens is 828 g/mol. The maximum atomic E-state index is 11.9. The number of rotatable bonds is 13. The fourth-order valence-corrected chi connectivity index (χ4v) is 7.10. The summed E-state index contributed by atoms with van der Waals surface area (Å²) in [6, 6.07) is 0. The van der Waals surface area contributed by atoms with E-state index in [9.17, 15) is 59.7 Å². The number of aliphatic hydroxyl groups excluding tert-OH is 8. The summed E-state index contributed by atoms with van der Waals surface area (Å²) < 4.78 is 60.2. The quantitative estimate of drug-likeness (QED) is 0.0643. The Hall–Kier alpha value is -3.21. The second-order valence-corrected chi connectivity index (χ2v) is 15.2. The molecule has 0 bridgehead atoms. The molecule has 61 heavy (non-hydrogen) atoms. The third-order valence-corrected chi connectivity index (χ3v) is 10.5. The molecule has 352 valence electrons. The highest BCUT2D eigenvalue weighted by Gasteiger charge is 2.53. The molecule has 0 aromatic rings. The van der Waals surface area contributed by atoms with Crippen molar-refractivity contribution < 1.29 is 117 Å². The second kappa shape index (κ2) is 23.5. The molecule has 20 atom stereocenters. The van der Waals surface area contributed by atoms with Crippen LogP contribution in [0.25, 0.3) is 0 Å². The number of aliphatic hydroxyl groups is 8. The van der Waals surface area contributed by atoms with Crippen LogP contribution in [-0.2, 0) is 76.1 Å². The third-order valence-electron chi connectivity index (χ3n) is 10.5. The molecule has 8 N–H and O–H groups in total. The minimum absolute atomic E-state index is 0.0499. The average molecular weight is 889 g/mol. The molecule has 0 aromatic heterocycles. The zero-order valence-corrected chi connectivity index (χ0v) is 35.0. The van der Waals surface area contributed by atoms with E-state index in [-0.39, 0.29) is 25.0 Å². The Bertz CT molecular complexity index is 1440. The molecule has 4 rings (SSSR count). The van der Waals surface area contributed by atoms with E-state index in [2.05, 4.69) is 0 Å². The van der Waals surface area contributed by atoms with Crippen LogP contribution in [0.3, 0.4) is 0 Å². The average Bonchev–Trinajstić information content (AvgIpc) is 3.18. The Balaban J connectivity index is 0.000000367. The van der Waals surface area contributed by atoms with Gasteiger partial charge in [-0.05, 0) is 5.92 Å². The molecular formula is C37H60O24. The van der Waals surface area contributed by atoms with Gasteiger partial charge in [0.1, 0.15) is 68.1 Å². The van der Waals surface area contributed by atoms with Crippen molar-refractivity contribution in [3.8, 4) is 0 Å². The highest BCUT2D eigenvalue weighted by molar-refractivity contribution is 5.68. The molecule has 4 saturated heterocycles. The van der Waals surface area contributed by atoms with E-state index >= 15 is 0 Å². The number of carbonyl (C=O) groups excluding carboxylic acids is 5. The molecule has 4 aliphatic rings. The van der Waals surface area contributed by atoms with Crippen LogP contribution in [0.4, 0.5) is 0 Å². The Labute approximate surface area is 350 Å². The van der Waals surface area contributed by atoms with Crippen molar-refractivity contribution in [2.24, 2.45) is 17.8 Å². The predicted octanol–water partition coefficient (Wildman–Crippen LogP) is -4.11. The lowest BCUT2D eigenvalue weighted by molar-refractivity contribution is -0.355. The predicted molar refractivity (Wildman–Crippen MR) is 194 cm³/mol. The van der Waals surface area contributed by atoms with Gasteiger partial charge in [0.15, 0.2) is 31.1 Å². The maximum absolute atomic E-state index is 11.9. The van der Waals surface area contributed by atoms with Gasteiger partial charge in [-0.15, -0.1) is 0 Å². The van der Waals surface area contributed by atoms with Crippen LogP contribution >= 0.6 is 0 Å².